The first-order valence-electron chi connectivity index (χ1n) is 18.7. The number of ether oxygens (including phenoxy) is 6. The lowest BCUT2D eigenvalue weighted by molar-refractivity contribution is -0.284. The van der Waals surface area contributed by atoms with Crippen molar-refractivity contribution >= 4 is 12.1 Å². The molecule has 3 aliphatic rings. The summed E-state index contributed by atoms with van der Waals surface area (Å²) in [5, 5.41) is 14.7. The quantitative estimate of drug-likeness (QED) is 0.0508. The molecule has 1 N–H and O–H groups in total. The molecular formula is C37H65N5O9. The number of hydrogen-bond donors (Lipinski definition) is 1. The van der Waals surface area contributed by atoms with Crippen molar-refractivity contribution in [2.45, 2.75) is 161 Å². The molecule has 11 atom stereocenters. The van der Waals surface area contributed by atoms with Gasteiger partial charge in [-0.3, -0.25) is 0 Å². The van der Waals surface area contributed by atoms with Gasteiger partial charge in [-0.1, -0.05) is 39.2 Å². The topological polar surface area (TPSA) is 165 Å². The Morgan fingerprint density at radius 3 is 2.43 bits per heavy atom. The van der Waals surface area contributed by atoms with Crippen LogP contribution in [-0.4, -0.2) is 115 Å². The van der Waals surface area contributed by atoms with E-state index in [0.717, 1.165) is 6.42 Å². The number of carbonyl (C=O) groups excluding carboxylic acids is 2. The van der Waals surface area contributed by atoms with Crippen molar-refractivity contribution in [3.8, 4) is 0 Å². The molecule has 3 aliphatic heterocycles. The lowest BCUT2D eigenvalue weighted by Gasteiger charge is -2.47. The van der Waals surface area contributed by atoms with Crippen LogP contribution in [0.1, 0.15) is 107 Å². The van der Waals surface area contributed by atoms with Gasteiger partial charge in [0.15, 0.2) is 11.9 Å². The van der Waals surface area contributed by atoms with Crippen molar-refractivity contribution in [3.63, 3.8) is 0 Å². The molecule has 0 spiro atoms. The zero-order chi connectivity index (χ0) is 38.3. The first kappa shape index (κ1) is 42.8. The maximum Gasteiger partial charge on any atom is 0.410 e. The Morgan fingerprint density at radius 1 is 1.16 bits per heavy atom. The molecule has 51 heavy (non-hydrogen) atoms. The predicted molar refractivity (Wildman–Crippen MR) is 192 cm³/mol. The Morgan fingerprint density at radius 2 is 1.84 bits per heavy atom. The Labute approximate surface area is 305 Å². The molecule has 3 heterocycles. The maximum atomic E-state index is 13.2. The summed E-state index contributed by atoms with van der Waals surface area (Å²) in [5.41, 5.74) is 6.71. The minimum Gasteiger partial charge on any atom is -0.456 e. The zero-order valence-electron chi connectivity index (χ0n) is 33.1. The maximum absolute atomic E-state index is 13.2. The van der Waals surface area contributed by atoms with Crippen LogP contribution in [-0.2, 0) is 33.2 Å². The van der Waals surface area contributed by atoms with Gasteiger partial charge in [0.2, 0.25) is 5.79 Å². The number of cyclic esters (lactones) is 2. The molecule has 0 bridgehead atoms. The second kappa shape index (κ2) is 17.9. The summed E-state index contributed by atoms with van der Waals surface area (Å²) >= 11 is 0. The van der Waals surface area contributed by atoms with Gasteiger partial charge in [0.25, 0.3) is 0 Å². The van der Waals surface area contributed by atoms with Gasteiger partial charge in [-0.05, 0) is 84.8 Å². The van der Waals surface area contributed by atoms with Crippen LogP contribution in [0.5, 0.6) is 0 Å². The van der Waals surface area contributed by atoms with E-state index in [-0.39, 0.29) is 30.0 Å². The molecule has 2 fully saturated rings. The number of methoxy groups -OCH3 is 1. The number of azide groups is 1. The summed E-state index contributed by atoms with van der Waals surface area (Å²) in [4.78, 5) is 32.6. The minimum atomic E-state index is -1.14. The summed E-state index contributed by atoms with van der Waals surface area (Å²) in [7, 11) is 5.82. The average Bonchev–Trinajstić information content (AvgIpc) is 3.32. The van der Waals surface area contributed by atoms with Crippen LogP contribution in [0.15, 0.2) is 16.9 Å². The molecule has 3 rings (SSSR count). The van der Waals surface area contributed by atoms with Crippen LogP contribution in [0.25, 0.3) is 10.4 Å². The Kier molecular flexibility index (Phi) is 15.1. The van der Waals surface area contributed by atoms with Crippen LogP contribution in [0.2, 0.25) is 0 Å². The Bertz CT molecular complexity index is 1260. The highest BCUT2D eigenvalue weighted by molar-refractivity contribution is 5.83. The van der Waals surface area contributed by atoms with E-state index < -0.39 is 53.5 Å². The van der Waals surface area contributed by atoms with Gasteiger partial charge >= 0.3 is 12.1 Å². The smallest absolute Gasteiger partial charge is 0.410 e. The molecule has 1 unspecified atom stereocenters. The zero-order valence-corrected chi connectivity index (χ0v) is 33.1. The van der Waals surface area contributed by atoms with Crippen LogP contribution in [0, 0.1) is 17.8 Å². The predicted octanol–water partition coefficient (Wildman–Crippen LogP) is 6.55. The third kappa shape index (κ3) is 10.3. The standard InChI is InChI=1S/C37H65N5O9/c1-13-29(43)37(9)31(42(34(45)51-37)20-15-14-19-39-40-38)23(2)17-16-18-36(8,46-12)32(26(5)28-22-30(44)50-35(6,7)49-28)48-33-25(4)27(41(10)11)21-24(3)47-33/h22-27,29,31-33,43H,13-21H2,1-12H3/t23-,24+,25+,26-,27?,29+,31+,32+,33-,36+,37+/m0/s1. The Balaban J connectivity index is 1.88. The van der Waals surface area contributed by atoms with E-state index in [4.69, 9.17) is 34.0 Å². The number of unbranched alkanes of at least 4 members (excludes halogenated alkanes) is 1. The molecule has 14 heteroatoms. The van der Waals surface area contributed by atoms with Crippen molar-refractivity contribution in [1.29, 1.82) is 0 Å². The van der Waals surface area contributed by atoms with Crippen molar-refractivity contribution in [3.05, 3.63) is 22.3 Å². The lowest BCUT2D eigenvalue weighted by Crippen LogP contribution is -2.55. The molecule has 1 amide bonds. The number of hydrogen-bond acceptors (Lipinski definition) is 11. The largest absolute Gasteiger partial charge is 0.456 e. The molecule has 292 valence electrons. The van der Waals surface area contributed by atoms with E-state index in [2.05, 4.69) is 49.8 Å². The number of aliphatic hydroxyl groups is 1. The van der Waals surface area contributed by atoms with E-state index in [1.165, 1.54) is 6.08 Å². The van der Waals surface area contributed by atoms with Crippen LogP contribution in [0.4, 0.5) is 4.79 Å². The van der Waals surface area contributed by atoms with E-state index in [9.17, 15) is 14.7 Å². The Hall–Kier alpha value is -2.61. The van der Waals surface area contributed by atoms with Gasteiger partial charge in [-0.15, -0.1) is 0 Å². The number of aliphatic hydroxyl groups excluding tert-OH is 1. The van der Waals surface area contributed by atoms with E-state index in [1.54, 1.807) is 25.9 Å². The summed E-state index contributed by atoms with van der Waals surface area (Å²) in [6.07, 6.45) is 3.57. The molecule has 0 radical (unpaired) electrons. The van der Waals surface area contributed by atoms with Crippen LogP contribution < -0.4 is 0 Å². The first-order valence-corrected chi connectivity index (χ1v) is 18.7. The molecule has 0 aromatic carbocycles. The second-order valence-corrected chi connectivity index (χ2v) is 15.9. The SMILES string of the molecule is CC[C@@H](O)[C@@]1(C)OC(=O)N(CCCCN=[N+]=[N-])[C@@H]1[C@@H](C)CCC[C@@](C)(OC)[C@H](O[C@@H]1O[C@H](C)CC(N(C)C)[C@H]1C)[C@@H](C)C1=CC(=O)OC(C)(C)O1. The average molecular weight is 724 g/mol. The highest BCUT2D eigenvalue weighted by Gasteiger charge is 2.56. The van der Waals surface area contributed by atoms with Gasteiger partial charge in [0.1, 0.15) is 5.76 Å². The molecule has 0 aromatic heterocycles. The molecule has 0 saturated carbocycles. The van der Waals surface area contributed by atoms with Crippen LogP contribution >= 0.6 is 0 Å². The fourth-order valence-electron chi connectivity index (χ4n) is 8.32. The molecule has 14 nitrogen and oxygen atoms in total. The van der Waals surface area contributed by atoms with E-state index in [1.807, 2.05) is 27.7 Å². The summed E-state index contributed by atoms with van der Waals surface area (Å²) in [5.74, 6) is -1.55. The molecule has 0 aromatic rings. The summed E-state index contributed by atoms with van der Waals surface area (Å²) in [6, 6.07) is -0.122. The van der Waals surface area contributed by atoms with Gasteiger partial charge in [-0.25, -0.2) is 9.59 Å². The van der Waals surface area contributed by atoms with Crippen LogP contribution in [0.3, 0.4) is 0 Å². The number of carbonyl (C=O) groups is 2. The van der Waals surface area contributed by atoms with Crippen molar-refractivity contribution in [2.75, 3.05) is 34.3 Å². The first-order chi connectivity index (χ1) is 23.8. The molecular weight excluding hydrogens is 658 g/mol. The summed E-state index contributed by atoms with van der Waals surface area (Å²) in [6.45, 7) is 18.2. The van der Waals surface area contributed by atoms with E-state index >= 15 is 0 Å². The van der Waals surface area contributed by atoms with Gasteiger partial charge in [0, 0.05) is 56.8 Å². The highest BCUT2D eigenvalue weighted by atomic mass is 16.7. The molecule has 0 aliphatic carbocycles. The lowest BCUT2D eigenvalue weighted by atomic mass is 9.78. The number of rotatable bonds is 19. The second-order valence-electron chi connectivity index (χ2n) is 15.9. The van der Waals surface area contributed by atoms with Gasteiger partial charge in [-0.2, -0.15) is 0 Å². The number of amides is 1. The van der Waals surface area contributed by atoms with Crippen molar-refractivity contribution in [1.82, 2.24) is 9.80 Å². The third-order valence-corrected chi connectivity index (χ3v) is 11.2. The fourth-order valence-corrected chi connectivity index (χ4v) is 8.32. The number of nitrogens with zero attached hydrogens (tertiary/aromatic N) is 5. The fraction of sp³-hybridized carbons (Fsp3) is 0.892. The summed E-state index contributed by atoms with van der Waals surface area (Å²) < 4.78 is 37.3. The van der Waals surface area contributed by atoms with Crippen molar-refractivity contribution < 1.29 is 43.1 Å². The van der Waals surface area contributed by atoms with Crippen molar-refractivity contribution in [2.24, 2.45) is 22.9 Å². The highest BCUT2D eigenvalue weighted by Crippen LogP contribution is 2.42. The van der Waals surface area contributed by atoms with Gasteiger partial charge in [0.05, 0.1) is 36.0 Å². The van der Waals surface area contributed by atoms with E-state index in [0.29, 0.717) is 57.4 Å². The monoisotopic (exact) mass is 723 g/mol. The minimum absolute atomic E-state index is 0.0191. The van der Waals surface area contributed by atoms with Gasteiger partial charge < -0.3 is 43.3 Å². The number of esters is 1. The molecule has 2 saturated heterocycles. The third-order valence-electron chi connectivity index (χ3n) is 11.2. The normalized spacial score (nSPS) is 31.4.